The highest BCUT2D eigenvalue weighted by Crippen LogP contribution is 2.47. The van der Waals surface area contributed by atoms with Crippen molar-refractivity contribution in [2.75, 3.05) is 18.1 Å². The number of carbonyl (C=O) groups excluding carboxylic acids is 1. The number of primary amides is 1. The van der Waals surface area contributed by atoms with Crippen LogP contribution in [0.1, 0.15) is 40.3 Å². The molecule has 0 saturated heterocycles. The topological polar surface area (TPSA) is 141 Å². The molecule has 1 heterocycles. The summed E-state index contributed by atoms with van der Waals surface area (Å²) in [5.41, 5.74) is 7.33. The van der Waals surface area contributed by atoms with Gasteiger partial charge in [0.15, 0.2) is 5.75 Å². The van der Waals surface area contributed by atoms with Gasteiger partial charge in [-0.25, -0.2) is 13.2 Å². The lowest BCUT2D eigenvalue weighted by molar-refractivity contribution is 0.0687. The number of aromatic nitrogens is 1. The van der Waals surface area contributed by atoms with E-state index in [0.29, 0.717) is 38.5 Å². The number of carbonyl (C=O) groups is 2. The summed E-state index contributed by atoms with van der Waals surface area (Å²) < 4.78 is 34.9. The summed E-state index contributed by atoms with van der Waals surface area (Å²) in [6, 6.07) is 6.87. The van der Waals surface area contributed by atoms with Crippen LogP contribution in [-0.4, -0.2) is 43.3 Å². The summed E-state index contributed by atoms with van der Waals surface area (Å²) in [5.74, 6) is -1.99. The van der Waals surface area contributed by atoms with Crippen molar-refractivity contribution in [1.29, 1.82) is 0 Å². The fraction of sp³-hybridized carbons (Fsp3) is 0.304. The van der Waals surface area contributed by atoms with Gasteiger partial charge in [-0.15, -0.1) is 0 Å². The monoisotopic (exact) mass is 551 g/mol. The Labute approximate surface area is 206 Å². The van der Waals surface area contributed by atoms with E-state index in [1.807, 2.05) is 13.8 Å². The number of carboxylic acid groups (broad SMARTS) is 1. The number of fused-ring (bicyclic) bond motifs is 1. The molecular weight excluding hydrogens is 526 g/mol. The van der Waals surface area contributed by atoms with Gasteiger partial charge in [0.05, 0.1) is 30.1 Å². The van der Waals surface area contributed by atoms with Crippen molar-refractivity contribution >= 4 is 54.4 Å². The zero-order valence-electron chi connectivity index (χ0n) is 19.4. The number of sulfonamides is 1. The molecule has 0 aliphatic rings. The van der Waals surface area contributed by atoms with E-state index < -0.39 is 21.9 Å². The van der Waals surface area contributed by atoms with Gasteiger partial charge in [-0.1, -0.05) is 26.0 Å². The Morgan fingerprint density at radius 3 is 2.41 bits per heavy atom. The predicted octanol–water partition coefficient (Wildman–Crippen LogP) is 3.98. The number of hydrogen-bond donors (Lipinski definition) is 3. The van der Waals surface area contributed by atoms with Crippen LogP contribution in [-0.2, 0) is 23.5 Å². The Balaban J connectivity index is 2.67. The minimum Gasteiger partial charge on any atom is -0.494 e. The van der Waals surface area contributed by atoms with E-state index in [-0.39, 0.29) is 28.6 Å². The first-order valence-corrected chi connectivity index (χ1v) is 13.0. The van der Waals surface area contributed by atoms with E-state index >= 15 is 0 Å². The number of aryl methyl sites for hydroxylation is 1. The number of nitrogens with two attached hydrogens (primary N) is 1. The number of ether oxygens (including phenoxy) is 1. The maximum atomic E-state index is 12.5. The fourth-order valence-electron chi connectivity index (χ4n) is 4.25. The number of carboxylic acids is 1. The van der Waals surface area contributed by atoms with E-state index in [1.165, 1.54) is 11.7 Å². The Bertz CT molecular complexity index is 1430. The second-order valence-electron chi connectivity index (χ2n) is 8.43. The van der Waals surface area contributed by atoms with Crippen molar-refractivity contribution in [2.45, 2.75) is 20.3 Å². The Hall–Kier alpha value is -3.05. The number of anilines is 1. The third-order valence-corrected chi connectivity index (χ3v) is 6.58. The van der Waals surface area contributed by atoms with Crippen molar-refractivity contribution in [2.24, 2.45) is 18.7 Å². The highest BCUT2D eigenvalue weighted by atomic mass is 79.9. The maximum absolute atomic E-state index is 12.5. The second-order valence-corrected chi connectivity index (χ2v) is 11.0. The molecule has 0 spiro atoms. The van der Waals surface area contributed by atoms with Gasteiger partial charge in [0.2, 0.25) is 10.0 Å². The van der Waals surface area contributed by atoms with Crippen LogP contribution in [0.25, 0.3) is 22.0 Å². The van der Waals surface area contributed by atoms with Gasteiger partial charge in [-0.2, -0.15) is 0 Å². The molecule has 3 aromatic rings. The van der Waals surface area contributed by atoms with Crippen LogP contribution in [0.5, 0.6) is 5.75 Å². The van der Waals surface area contributed by atoms with Crippen LogP contribution in [0.4, 0.5) is 5.69 Å². The summed E-state index contributed by atoms with van der Waals surface area (Å²) in [7, 11) is -0.945. The average Bonchev–Trinajstić information content (AvgIpc) is 2.99. The molecule has 9 nitrogen and oxygen atoms in total. The first kappa shape index (κ1) is 25.6. The summed E-state index contributed by atoms with van der Waals surface area (Å²) in [5, 5.41) is 10.8. The Kier molecular flexibility index (Phi) is 6.99. The summed E-state index contributed by atoms with van der Waals surface area (Å²) in [6.07, 6.45) is 1.38. The summed E-state index contributed by atoms with van der Waals surface area (Å²) in [4.78, 5) is 24.8. The zero-order valence-corrected chi connectivity index (χ0v) is 21.8. The molecule has 0 fully saturated rings. The molecule has 2 aromatic carbocycles. The summed E-state index contributed by atoms with van der Waals surface area (Å²) >= 11 is 3.49. The smallest absolute Gasteiger partial charge is 0.353 e. The molecule has 11 heteroatoms. The lowest BCUT2D eigenvalue weighted by atomic mass is 9.88. The highest BCUT2D eigenvalue weighted by molar-refractivity contribution is 9.10. The Morgan fingerprint density at radius 1 is 1.26 bits per heavy atom. The molecule has 34 heavy (non-hydrogen) atoms. The number of hydrogen-bond acceptors (Lipinski definition) is 5. The number of halogens is 1. The number of nitrogens with one attached hydrogen (secondary N) is 1. The first-order valence-electron chi connectivity index (χ1n) is 10.3. The van der Waals surface area contributed by atoms with Crippen LogP contribution in [0.2, 0.25) is 0 Å². The molecule has 1 aromatic heterocycles. The molecule has 3 rings (SSSR count). The van der Waals surface area contributed by atoms with Crippen LogP contribution in [0, 0.1) is 5.92 Å². The molecule has 0 saturated carbocycles. The number of benzene rings is 2. The number of amides is 1. The molecule has 0 radical (unpaired) electrons. The third kappa shape index (κ3) is 4.62. The first-order chi connectivity index (χ1) is 15.8. The molecule has 182 valence electrons. The quantitative estimate of drug-likeness (QED) is 0.386. The second kappa shape index (κ2) is 9.30. The minimum absolute atomic E-state index is 0.00802. The standard InChI is InChI=1S/C23H26BrN3O6S/c1-11(2)9-12-10-14(22(25)28)21(33-4)18(26-34(5,31)32)16(12)17-13-7-6-8-15(24)19(13)27(3)20(17)23(29)30/h6-8,10-11,26H,9H2,1-5H3,(H2,25,28)(H,29,30). The van der Waals surface area contributed by atoms with Crippen molar-refractivity contribution in [3.05, 3.63) is 45.6 Å². The van der Waals surface area contributed by atoms with Crippen molar-refractivity contribution < 1.29 is 27.9 Å². The minimum atomic E-state index is -3.86. The van der Waals surface area contributed by atoms with Gasteiger partial charge in [0.25, 0.3) is 5.91 Å². The molecule has 1 amide bonds. The van der Waals surface area contributed by atoms with Gasteiger partial charge in [0.1, 0.15) is 5.69 Å². The van der Waals surface area contributed by atoms with E-state index in [1.54, 1.807) is 31.3 Å². The third-order valence-electron chi connectivity index (χ3n) is 5.36. The molecule has 4 N–H and O–H groups in total. The molecule has 0 aliphatic carbocycles. The van der Waals surface area contributed by atoms with Gasteiger partial charge in [-0.05, 0) is 46.0 Å². The lowest BCUT2D eigenvalue weighted by Crippen LogP contribution is -2.19. The molecule has 0 atom stereocenters. The van der Waals surface area contributed by atoms with Crippen LogP contribution < -0.4 is 15.2 Å². The van der Waals surface area contributed by atoms with E-state index in [2.05, 4.69) is 20.7 Å². The number of methoxy groups -OCH3 is 1. The number of rotatable bonds is 8. The zero-order chi connectivity index (χ0) is 25.5. The average molecular weight is 552 g/mol. The predicted molar refractivity (Wildman–Crippen MR) is 135 cm³/mol. The van der Waals surface area contributed by atoms with Gasteiger partial charge < -0.3 is 20.1 Å². The van der Waals surface area contributed by atoms with E-state index in [0.717, 1.165) is 6.26 Å². The normalized spacial score (nSPS) is 11.7. The van der Waals surface area contributed by atoms with Crippen molar-refractivity contribution in [3.8, 4) is 16.9 Å². The molecular formula is C23H26BrN3O6S. The van der Waals surface area contributed by atoms with Gasteiger partial charge in [-0.3, -0.25) is 9.52 Å². The van der Waals surface area contributed by atoms with Crippen LogP contribution in [0.15, 0.2) is 28.7 Å². The molecule has 0 aliphatic heterocycles. The SMILES string of the molecule is COc1c(C(N)=O)cc(CC(C)C)c(-c2c(C(=O)O)n(C)c3c(Br)cccc23)c1NS(C)(=O)=O. The molecule has 0 bridgehead atoms. The van der Waals surface area contributed by atoms with E-state index in [4.69, 9.17) is 10.5 Å². The number of aromatic carboxylic acids is 1. The largest absolute Gasteiger partial charge is 0.494 e. The van der Waals surface area contributed by atoms with E-state index in [9.17, 15) is 23.1 Å². The van der Waals surface area contributed by atoms with Gasteiger partial charge in [0, 0.05) is 28.0 Å². The van der Waals surface area contributed by atoms with Crippen molar-refractivity contribution in [1.82, 2.24) is 4.57 Å². The number of para-hydroxylation sites is 1. The lowest BCUT2D eigenvalue weighted by Gasteiger charge is -2.22. The van der Waals surface area contributed by atoms with Crippen LogP contribution >= 0.6 is 15.9 Å². The summed E-state index contributed by atoms with van der Waals surface area (Å²) in [6.45, 7) is 3.92. The highest BCUT2D eigenvalue weighted by Gasteiger charge is 2.31. The fourth-order valence-corrected chi connectivity index (χ4v) is 5.45. The van der Waals surface area contributed by atoms with Gasteiger partial charge >= 0.3 is 5.97 Å². The maximum Gasteiger partial charge on any atom is 0.353 e. The number of nitrogens with zero attached hydrogens (tertiary/aromatic N) is 1. The van der Waals surface area contributed by atoms with Crippen LogP contribution in [0.3, 0.4) is 0 Å². The van der Waals surface area contributed by atoms with Crippen molar-refractivity contribution in [3.63, 3.8) is 0 Å². The molecule has 0 unspecified atom stereocenters. The Morgan fingerprint density at radius 2 is 1.91 bits per heavy atom.